The van der Waals surface area contributed by atoms with Crippen molar-refractivity contribution in [2.45, 2.75) is 52.1 Å². The van der Waals surface area contributed by atoms with Gasteiger partial charge in [0.05, 0.1) is 6.10 Å². The van der Waals surface area contributed by atoms with Gasteiger partial charge in [-0.05, 0) is 44.2 Å². The molecule has 124 valence electrons. The maximum Gasteiger partial charge on any atom is 0.266 e. The Hall–Kier alpha value is -2.13. The lowest BCUT2D eigenvalue weighted by molar-refractivity contribution is -0.121. The van der Waals surface area contributed by atoms with Crippen molar-refractivity contribution >= 4 is 5.91 Å². The van der Waals surface area contributed by atoms with E-state index in [1.165, 1.54) is 0 Å². The number of carbonyl (C=O) groups excluding carboxylic acids is 1. The Labute approximate surface area is 135 Å². The molecule has 2 unspecified atom stereocenters. The smallest absolute Gasteiger partial charge is 0.266 e. The Bertz CT molecular complexity index is 688. The number of rotatable bonds is 5. The van der Waals surface area contributed by atoms with E-state index in [-0.39, 0.29) is 29.1 Å². The topological polar surface area (TPSA) is 106 Å². The molecule has 2 atom stereocenters. The molecule has 1 saturated carbocycles. The largest absolute Gasteiger partial charge is 0.393 e. The monoisotopic (exact) mass is 317 g/mol. The molecule has 1 amide bonds. The molecule has 23 heavy (non-hydrogen) atoms. The number of carbonyl (C=O) groups is 1. The van der Waals surface area contributed by atoms with Gasteiger partial charge in [0.25, 0.3) is 5.56 Å². The fraction of sp³-hybridized carbons (Fsp3) is 0.588. The molecule has 6 nitrogen and oxygen atoms in total. The fourth-order valence-electron chi connectivity index (χ4n) is 3.25. The van der Waals surface area contributed by atoms with Gasteiger partial charge in [0.15, 0.2) is 0 Å². The second-order valence-electron chi connectivity index (χ2n) is 6.23. The van der Waals surface area contributed by atoms with Crippen LogP contribution in [0.15, 0.2) is 4.79 Å². The summed E-state index contributed by atoms with van der Waals surface area (Å²) in [5, 5.41) is 21.7. The molecule has 1 aromatic heterocycles. The van der Waals surface area contributed by atoms with Crippen LogP contribution < -0.4 is 10.9 Å². The first-order valence-electron chi connectivity index (χ1n) is 8.01. The number of amides is 1. The zero-order valence-electron chi connectivity index (χ0n) is 13.6. The summed E-state index contributed by atoms with van der Waals surface area (Å²) in [5.74, 6) is 0.0771. The number of nitrogens with zero attached hydrogens (tertiary/aromatic N) is 1. The number of aryl methyl sites for hydroxylation is 1. The molecule has 1 aliphatic rings. The van der Waals surface area contributed by atoms with Crippen LogP contribution in [0.4, 0.5) is 0 Å². The van der Waals surface area contributed by atoms with E-state index in [1.807, 2.05) is 6.07 Å². The van der Waals surface area contributed by atoms with Crippen LogP contribution in [0.1, 0.15) is 48.1 Å². The first kappa shape index (κ1) is 17.2. The van der Waals surface area contributed by atoms with Gasteiger partial charge in [-0.2, -0.15) is 5.26 Å². The van der Waals surface area contributed by atoms with Crippen molar-refractivity contribution < 1.29 is 9.90 Å². The second-order valence-corrected chi connectivity index (χ2v) is 6.23. The van der Waals surface area contributed by atoms with Gasteiger partial charge in [0.2, 0.25) is 5.91 Å². The number of aromatic amines is 1. The van der Waals surface area contributed by atoms with E-state index in [2.05, 4.69) is 10.3 Å². The molecule has 1 heterocycles. The lowest BCUT2D eigenvalue weighted by Gasteiger charge is -2.15. The van der Waals surface area contributed by atoms with Crippen molar-refractivity contribution in [3.05, 3.63) is 32.7 Å². The van der Waals surface area contributed by atoms with Crippen LogP contribution >= 0.6 is 0 Å². The number of aliphatic hydroxyl groups excluding tert-OH is 1. The molecule has 1 fully saturated rings. The number of nitriles is 1. The summed E-state index contributed by atoms with van der Waals surface area (Å²) >= 11 is 0. The van der Waals surface area contributed by atoms with Crippen LogP contribution in [0.3, 0.4) is 0 Å². The molecule has 2 rings (SSSR count). The summed E-state index contributed by atoms with van der Waals surface area (Å²) in [4.78, 5) is 26.3. The Morgan fingerprint density at radius 2 is 2.17 bits per heavy atom. The van der Waals surface area contributed by atoms with Crippen molar-refractivity contribution in [3.8, 4) is 6.07 Å². The summed E-state index contributed by atoms with van der Waals surface area (Å²) in [6.07, 6.45) is 3.23. The molecular formula is C17H23N3O3. The average Bonchev–Trinajstić information content (AvgIpc) is 2.90. The number of aliphatic hydroxyl groups is 1. The molecule has 0 radical (unpaired) electrons. The normalized spacial score (nSPS) is 20.3. The molecule has 3 N–H and O–H groups in total. The molecule has 0 aliphatic heterocycles. The predicted octanol–water partition coefficient (Wildman–Crippen LogP) is 1.07. The zero-order valence-corrected chi connectivity index (χ0v) is 13.6. The third-order valence-electron chi connectivity index (χ3n) is 4.70. The molecule has 0 aromatic carbocycles. The zero-order chi connectivity index (χ0) is 17.0. The second kappa shape index (κ2) is 7.42. The SMILES string of the molecule is Cc1[nH]c(=O)c(C#N)c(C)c1CCC(=O)NCC1CCCC1O. The van der Waals surface area contributed by atoms with Crippen molar-refractivity contribution in [2.75, 3.05) is 6.54 Å². The average molecular weight is 317 g/mol. The Morgan fingerprint density at radius 1 is 1.43 bits per heavy atom. The van der Waals surface area contributed by atoms with Crippen LogP contribution in [-0.2, 0) is 11.2 Å². The minimum Gasteiger partial charge on any atom is -0.393 e. The highest BCUT2D eigenvalue weighted by Gasteiger charge is 2.25. The molecule has 6 heteroatoms. The van der Waals surface area contributed by atoms with E-state index in [4.69, 9.17) is 5.26 Å². The van der Waals surface area contributed by atoms with Crippen LogP contribution in [-0.4, -0.2) is 28.6 Å². The van der Waals surface area contributed by atoms with E-state index in [0.29, 0.717) is 30.6 Å². The summed E-state index contributed by atoms with van der Waals surface area (Å²) in [7, 11) is 0. The summed E-state index contributed by atoms with van der Waals surface area (Å²) < 4.78 is 0. The maximum atomic E-state index is 12.0. The molecule has 0 spiro atoms. The van der Waals surface area contributed by atoms with Crippen molar-refractivity contribution in [2.24, 2.45) is 5.92 Å². The van der Waals surface area contributed by atoms with E-state index >= 15 is 0 Å². The van der Waals surface area contributed by atoms with Crippen LogP contribution in [0.25, 0.3) is 0 Å². The van der Waals surface area contributed by atoms with Crippen molar-refractivity contribution in [3.63, 3.8) is 0 Å². The van der Waals surface area contributed by atoms with Gasteiger partial charge in [-0.3, -0.25) is 9.59 Å². The maximum absolute atomic E-state index is 12.0. The summed E-state index contributed by atoms with van der Waals surface area (Å²) in [5.41, 5.74) is 1.92. The number of hydrogen-bond donors (Lipinski definition) is 3. The lowest BCUT2D eigenvalue weighted by Crippen LogP contribution is -2.32. The standard InChI is InChI=1S/C17H23N3O3/c1-10-13(11(2)20-17(23)14(10)8-18)6-7-16(22)19-9-12-4-3-5-15(12)21/h12,15,21H,3-7,9H2,1-2H3,(H,19,22)(H,20,23). The Balaban J connectivity index is 1.94. The van der Waals surface area contributed by atoms with Crippen molar-refractivity contribution in [1.29, 1.82) is 5.26 Å². The summed E-state index contributed by atoms with van der Waals surface area (Å²) in [6.45, 7) is 4.02. The third kappa shape index (κ3) is 3.99. The minimum absolute atomic E-state index is 0.0763. The molecule has 0 bridgehead atoms. The highest BCUT2D eigenvalue weighted by molar-refractivity contribution is 5.76. The van der Waals surface area contributed by atoms with Gasteiger partial charge < -0.3 is 15.4 Å². The van der Waals surface area contributed by atoms with Crippen molar-refractivity contribution in [1.82, 2.24) is 10.3 Å². The van der Waals surface area contributed by atoms with E-state index in [0.717, 1.165) is 24.8 Å². The molecule has 0 saturated heterocycles. The quantitative estimate of drug-likeness (QED) is 0.755. The van der Waals surface area contributed by atoms with Gasteiger partial charge >= 0.3 is 0 Å². The Kier molecular flexibility index (Phi) is 5.56. The fourth-order valence-corrected chi connectivity index (χ4v) is 3.25. The molecule has 1 aliphatic carbocycles. The van der Waals surface area contributed by atoms with Gasteiger partial charge in [-0.15, -0.1) is 0 Å². The number of pyridine rings is 1. The van der Waals surface area contributed by atoms with Gasteiger partial charge in [0, 0.05) is 24.6 Å². The molecule has 1 aromatic rings. The number of nitrogens with one attached hydrogen (secondary N) is 2. The van der Waals surface area contributed by atoms with Crippen LogP contribution in [0.2, 0.25) is 0 Å². The van der Waals surface area contributed by atoms with Gasteiger partial charge in [0.1, 0.15) is 11.6 Å². The van der Waals surface area contributed by atoms with E-state index in [9.17, 15) is 14.7 Å². The highest BCUT2D eigenvalue weighted by Crippen LogP contribution is 2.24. The van der Waals surface area contributed by atoms with Crippen LogP contribution in [0, 0.1) is 31.1 Å². The van der Waals surface area contributed by atoms with Crippen LogP contribution in [0.5, 0.6) is 0 Å². The number of aromatic nitrogens is 1. The van der Waals surface area contributed by atoms with E-state index in [1.54, 1.807) is 13.8 Å². The summed E-state index contributed by atoms with van der Waals surface area (Å²) in [6, 6.07) is 1.91. The first-order chi connectivity index (χ1) is 10.9. The van der Waals surface area contributed by atoms with Gasteiger partial charge in [-0.1, -0.05) is 6.42 Å². The Morgan fingerprint density at radius 3 is 2.78 bits per heavy atom. The molecular weight excluding hydrogens is 294 g/mol. The predicted molar refractivity (Wildman–Crippen MR) is 85.9 cm³/mol. The number of H-pyrrole nitrogens is 1. The first-order valence-corrected chi connectivity index (χ1v) is 8.01. The highest BCUT2D eigenvalue weighted by atomic mass is 16.3. The van der Waals surface area contributed by atoms with Gasteiger partial charge in [-0.25, -0.2) is 0 Å². The third-order valence-corrected chi connectivity index (χ3v) is 4.70. The lowest BCUT2D eigenvalue weighted by atomic mass is 9.99. The van der Waals surface area contributed by atoms with E-state index < -0.39 is 0 Å². The minimum atomic E-state index is -0.383. The number of hydrogen-bond acceptors (Lipinski definition) is 4.